The highest BCUT2D eigenvalue weighted by molar-refractivity contribution is 6.33. The number of hydrogen-bond donors (Lipinski definition) is 1. The molecule has 0 radical (unpaired) electrons. The van der Waals surface area contributed by atoms with E-state index in [0.29, 0.717) is 16.7 Å². The smallest absolute Gasteiger partial charge is 0.129 e. The molecule has 0 amide bonds. The first-order chi connectivity index (χ1) is 9.65. The summed E-state index contributed by atoms with van der Waals surface area (Å²) in [5.41, 5.74) is 0.902. The zero-order chi connectivity index (χ0) is 14.5. The molecule has 5 heteroatoms. The fourth-order valence-electron chi connectivity index (χ4n) is 2.07. The maximum atomic E-state index is 6.28. The molecule has 0 aliphatic rings. The van der Waals surface area contributed by atoms with Crippen molar-refractivity contribution in [3.05, 3.63) is 57.5 Å². The normalized spacial score (nSPS) is 12.6. The van der Waals surface area contributed by atoms with Crippen LogP contribution in [0.5, 0.6) is 0 Å². The molecule has 1 unspecified atom stereocenters. The summed E-state index contributed by atoms with van der Waals surface area (Å²) in [4.78, 5) is 0. The highest BCUT2D eigenvalue weighted by Gasteiger charge is 2.20. The lowest BCUT2D eigenvalue weighted by Gasteiger charge is -2.17. The molecule has 0 bridgehead atoms. The van der Waals surface area contributed by atoms with Gasteiger partial charge in [0.1, 0.15) is 18.1 Å². The van der Waals surface area contributed by atoms with Crippen molar-refractivity contribution in [1.82, 2.24) is 5.32 Å². The second-order valence-corrected chi connectivity index (χ2v) is 5.24. The van der Waals surface area contributed by atoms with Gasteiger partial charge in [0, 0.05) is 17.2 Å². The summed E-state index contributed by atoms with van der Waals surface area (Å²) in [6.45, 7) is 3.26. The lowest BCUT2D eigenvalue weighted by molar-refractivity contribution is 0.162. The van der Waals surface area contributed by atoms with E-state index in [1.54, 1.807) is 19.2 Å². The average Bonchev–Trinajstić information content (AvgIpc) is 2.88. The molecule has 0 fully saturated rings. The lowest BCUT2D eigenvalue weighted by Crippen LogP contribution is -2.21. The SMILES string of the molecule is CCNC(c1ccc(COC)o1)c1cc(Cl)ccc1Cl. The second-order valence-electron chi connectivity index (χ2n) is 4.39. The molecule has 0 aliphatic heterocycles. The molecular weight excluding hydrogens is 297 g/mol. The molecule has 1 heterocycles. The van der Waals surface area contributed by atoms with Crippen molar-refractivity contribution in [3.8, 4) is 0 Å². The van der Waals surface area contributed by atoms with Gasteiger partial charge in [0.2, 0.25) is 0 Å². The van der Waals surface area contributed by atoms with Crippen LogP contribution in [-0.4, -0.2) is 13.7 Å². The molecule has 0 saturated carbocycles. The summed E-state index contributed by atoms with van der Waals surface area (Å²) in [7, 11) is 1.64. The van der Waals surface area contributed by atoms with Gasteiger partial charge < -0.3 is 14.5 Å². The Hall–Kier alpha value is -1.000. The van der Waals surface area contributed by atoms with E-state index in [9.17, 15) is 0 Å². The van der Waals surface area contributed by atoms with Crippen molar-refractivity contribution in [2.24, 2.45) is 0 Å². The number of benzene rings is 1. The highest BCUT2D eigenvalue weighted by atomic mass is 35.5. The minimum absolute atomic E-state index is 0.128. The summed E-state index contributed by atoms with van der Waals surface area (Å²) >= 11 is 12.3. The molecule has 2 rings (SSSR count). The van der Waals surface area contributed by atoms with Gasteiger partial charge in [-0.25, -0.2) is 0 Å². The number of furan rings is 1. The predicted molar refractivity (Wildman–Crippen MR) is 81.4 cm³/mol. The Morgan fingerprint density at radius 3 is 2.75 bits per heavy atom. The van der Waals surface area contributed by atoms with E-state index in [1.165, 1.54) is 0 Å². The molecule has 1 aromatic heterocycles. The average molecular weight is 314 g/mol. The number of nitrogens with one attached hydrogen (secondary N) is 1. The van der Waals surface area contributed by atoms with Crippen molar-refractivity contribution in [1.29, 1.82) is 0 Å². The van der Waals surface area contributed by atoms with Crippen LogP contribution in [0, 0.1) is 0 Å². The van der Waals surface area contributed by atoms with Crippen molar-refractivity contribution in [3.63, 3.8) is 0 Å². The van der Waals surface area contributed by atoms with E-state index < -0.39 is 0 Å². The Bertz CT molecular complexity index is 569. The van der Waals surface area contributed by atoms with E-state index >= 15 is 0 Å². The molecule has 0 aliphatic carbocycles. The van der Waals surface area contributed by atoms with Crippen LogP contribution in [0.15, 0.2) is 34.7 Å². The zero-order valence-corrected chi connectivity index (χ0v) is 13.0. The molecule has 2 aromatic rings. The zero-order valence-electron chi connectivity index (χ0n) is 11.5. The van der Waals surface area contributed by atoms with Crippen LogP contribution in [0.25, 0.3) is 0 Å². The van der Waals surface area contributed by atoms with E-state index in [4.69, 9.17) is 32.4 Å². The summed E-state index contributed by atoms with van der Waals surface area (Å²) in [5, 5.41) is 4.67. The van der Waals surface area contributed by atoms with Gasteiger partial charge in [-0.05, 0) is 42.4 Å². The summed E-state index contributed by atoms with van der Waals surface area (Å²) in [5.74, 6) is 1.58. The maximum Gasteiger partial charge on any atom is 0.129 e. The van der Waals surface area contributed by atoms with Crippen molar-refractivity contribution in [2.75, 3.05) is 13.7 Å². The Labute approximate surface area is 128 Å². The van der Waals surface area contributed by atoms with Crippen LogP contribution in [0.2, 0.25) is 10.0 Å². The topological polar surface area (TPSA) is 34.4 Å². The third-order valence-corrected chi connectivity index (χ3v) is 3.51. The van der Waals surface area contributed by atoms with Crippen LogP contribution in [0.4, 0.5) is 0 Å². The minimum Gasteiger partial charge on any atom is -0.462 e. The molecule has 3 nitrogen and oxygen atoms in total. The Balaban J connectivity index is 2.36. The van der Waals surface area contributed by atoms with E-state index in [-0.39, 0.29) is 6.04 Å². The molecule has 1 N–H and O–H groups in total. The second kappa shape index (κ2) is 7.14. The quantitative estimate of drug-likeness (QED) is 0.856. The van der Waals surface area contributed by atoms with Gasteiger partial charge in [-0.15, -0.1) is 0 Å². The fraction of sp³-hybridized carbons (Fsp3) is 0.333. The first kappa shape index (κ1) is 15.4. The van der Waals surface area contributed by atoms with Crippen molar-refractivity contribution >= 4 is 23.2 Å². The summed E-state index contributed by atoms with van der Waals surface area (Å²) < 4.78 is 10.9. The first-order valence-corrected chi connectivity index (χ1v) is 7.17. The maximum absolute atomic E-state index is 6.28. The molecular formula is C15H17Cl2NO2. The van der Waals surface area contributed by atoms with Crippen molar-refractivity contribution in [2.45, 2.75) is 19.6 Å². The van der Waals surface area contributed by atoms with E-state index in [0.717, 1.165) is 23.6 Å². The highest BCUT2D eigenvalue weighted by Crippen LogP contribution is 2.31. The molecule has 0 spiro atoms. The molecule has 1 atom stereocenters. The Morgan fingerprint density at radius 2 is 2.05 bits per heavy atom. The molecule has 1 aromatic carbocycles. The first-order valence-electron chi connectivity index (χ1n) is 6.41. The standard InChI is InChI=1S/C15H17Cl2NO2/c1-3-18-15(12-8-10(16)4-6-13(12)17)14-7-5-11(20-14)9-19-2/h4-8,15,18H,3,9H2,1-2H3. The van der Waals surface area contributed by atoms with Crippen LogP contribution >= 0.6 is 23.2 Å². The number of hydrogen-bond acceptors (Lipinski definition) is 3. The van der Waals surface area contributed by atoms with Gasteiger partial charge in [0.15, 0.2) is 0 Å². The van der Waals surface area contributed by atoms with Gasteiger partial charge in [-0.3, -0.25) is 0 Å². The minimum atomic E-state index is -0.128. The molecule has 0 saturated heterocycles. The fourth-order valence-corrected chi connectivity index (χ4v) is 2.48. The number of ether oxygens (including phenoxy) is 1. The van der Waals surface area contributed by atoms with Gasteiger partial charge in [0.25, 0.3) is 0 Å². The van der Waals surface area contributed by atoms with Crippen molar-refractivity contribution < 1.29 is 9.15 Å². The van der Waals surface area contributed by atoms with Gasteiger partial charge in [-0.2, -0.15) is 0 Å². The van der Waals surface area contributed by atoms with Crippen LogP contribution in [0.1, 0.15) is 30.0 Å². The number of rotatable bonds is 6. The third-order valence-electron chi connectivity index (χ3n) is 2.93. The number of halogens is 2. The largest absolute Gasteiger partial charge is 0.462 e. The third kappa shape index (κ3) is 3.55. The summed E-state index contributed by atoms with van der Waals surface area (Å²) in [6.07, 6.45) is 0. The Kier molecular flexibility index (Phi) is 5.49. The Morgan fingerprint density at radius 1 is 1.25 bits per heavy atom. The van der Waals surface area contributed by atoms with Gasteiger partial charge >= 0.3 is 0 Å². The van der Waals surface area contributed by atoms with Gasteiger partial charge in [-0.1, -0.05) is 30.1 Å². The monoisotopic (exact) mass is 313 g/mol. The number of methoxy groups -OCH3 is 1. The van der Waals surface area contributed by atoms with Crippen LogP contribution < -0.4 is 5.32 Å². The van der Waals surface area contributed by atoms with Crippen LogP contribution in [0.3, 0.4) is 0 Å². The van der Waals surface area contributed by atoms with Crippen LogP contribution in [-0.2, 0) is 11.3 Å². The predicted octanol–water partition coefficient (Wildman–Crippen LogP) is 4.43. The lowest BCUT2D eigenvalue weighted by atomic mass is 10.0. The molecule has 20 heavy (non-hydrogen) atoms. The molecule has 108 valence electrons. The van der Waals surface area contributed by atoms with E-state index in [2.05, 4.69) is 5.32 Å². The van der Waals surface area contributed by atoms with Gasteiger partial charge in [0.05, 0.1) is 6.04 Å². The summed E-state index contributed by atoms with van der Waals surface area (Å²) in [6, 6.07) is 9.13. The van der Waals surface area contributed by atoms with E-state index in [1.807, 2.05) is 25.1 Å².